The fourth-order valence-corrected chi connectivity index (χ4v) is 3.94. The zero-order valence-corrected chi connectivity index (χ0v) is 17.3. The molecule has 1 amide bonds. The number of benzene rings is 2. The molecule has 0 fully saturated rings. The number of thioether (sulfide) groups is 1. The summed E-state index contributed by atoms with van der Waals surface area (Å²) < 4.78 is 16.3. The third kappa shape index (κ3) is 4.42. The van der Waals surface area contributed by atoms with Crippen molar-refractivity contribution >= 4 is 28.7 Å². The first kappa shape index (κ1) is 19.4. The van der Waals surface area contributed by atoms with Crippen LogP contribution in [0.25, 0.3) is 11.0 Å². The van der Waals surface area contributed by atoms with Crippen molar-refractivity contribution in [3.8, 4) is 17.2 Å². The number of aromatic amines is 1. The first-order valence-corrected chi connectivity index (χ1v) is 10.6. The summed E-state index contributed by atoms with van der Waals surface area (Å²) in [6.07, 6.45) is 0. The highest BCUT2D eigenvalue weighted by atomic mass is 32.2. The number of nitrogens with one attached hydrogen (secondary N) is 1. The number of carbonyl (C=O) groups excluding carboxylic acids is 1. The van der Waals surface area contributed by atoms with Crippen LogP contribution in [-0.4, -0.2) is 46.5 Å². The van der Waals surface area contributed by atoms with Crippen LogP contribution in [0.2, 0.25) is 0 Å². The Kier molecular flexibility index (Phi) is 5.80. The van der Waals surface area contributed by atoms with Gasteiger partial charge in [-0.1, -0.05) is 17.8 Å². The zero-order valence-electron chi connectivity index (χ0n) is 16.4. The van der Waals surface area contributed by atoms with E-state index < -0.39 is 0 Å². The SMILES string of the molecule is CCOc1ccc2nc(SCC(=O)N(CC)Cc3ccc4c(c3)OCO4)[nH]c2c1. The highest BCUT2D eigenvalue weighted by Crippen LogP contribution is 2.33. The molecule has 1 aliphatic rings. The summed E-state index contributed by atoms with van der Waals surface area (Å²) in [4.78, 5) is 22.3. The van der Waals surface area contributed by atoms with Gasteiger partial charge in [0.05, 0.1) is 23.4 Å². The van der Waals surface area contributed by atoms with Crippen molar-refractivity contribution < 1.29 is 19.0 Å². The van der Waals surface area contributed by atoms with Crippen LogP contribution in [0.15, 0.2) is 41.6 Å². The van der Waals surface area contributed by atoms with Gasteiger partial charge in [-0.25, -0.2) is 4.98 Å². The number of rotatable bonds is 8. The number of imidazole rings is 1. The van der Waals surface area contributed by atoms with E-state index in [0.717, 1.165) is 39.0 Å². The molecule has 1 aliphatic heterocycles. The quantitative estimate of drug-likeness (QED) is 0.566. The highest BCUT2D eigenvalue weighted by molar-refractivity contribution is 7.99. The molecule has 0 spiro atoms. The molecule has 4 rings (SSSR count). The van der Waals surface area contributed by atoms with Crippen LogP contribution in [-0.2, 0) is 11.3 Å². The lowest BCUT2D eigenvalue weighted by Gasteiger charge is -2.20. The second-order valence-corrected chi connectivity index (χ2v) is 7.50. The Balaban J connectivity index is 1.38. The Hall–Kier alpha value is -2.87. The molecular weight excluding hydrogens is 390 g/mol. The molecule has 7 nitrogen and oxygen atoms in total. The van der Waals surface area contributed by atoms with Gasteiger partial charge in [0.1, 0.15) is 5.75 Å². The van der Waals surface area contributed by atoms with E-state index in [-0.39, 0.29) is 12.7 Å². The Morgan fingerprint density at radius 2 is 2.07 bits per heavy atom. The lowest BCUT2D eigenvalue weighted by atomic mass is 10.2. The molecule has 0 saturated heterocycles. The van der Waals surface area contributed by atoms with Crippen LogP contribution < -0.4 is 14.2 Å². The molecule has 0 unspecified atom stereocenters. The van der Waals surface area contributed by atoms with Crippen molar-refractivity contribution in [2.75, 3.05) is 25.7 Å². The molecule has 0 atom stereocenters. The number of carbonyl (C=O) groups is 1. The molecule has 29 heavy (non-hydrogen) atoms. The maximum atomic E-state index is 12.7. The smallest absolute Gasteiger partial charge is 0.233 e. The Morgan fingerprint density at radius 1 is 1.21 bits per heavy atom. The lowest BCUT2D eigenvalue weighted by Crippen LogP contribution is -2.31. The minimum absolute atomic E-state index is 0.0608. The summed E-state index contributed by atoms with van der Waals surface area (Å²) in [5, 5.41) is 0.723. The normalized spacial score (nSPS) is 12.3. The maximum absolute atomic E-state index is 12.7. The maximum Gasteiger partial charge on any atom is 0.233 e. The summed E-state index contributed by atoms with van der Waals surface area (Å²) in [7, 11) is 0. The fraction of sp³-hybridized carbons (Fsp3) is 0.333. The first-order chi connectivity index (χ1) is 14.2. The lowest BCUT2D eigenvalue weighted by molar-refractivity contribution is -0.128. The summed E-state index contributed by atoms with van der Waals surface area (Å²) >= 11 is 1.40. The van der Waals surface area contributed by atoms with E-state index in [1.165, 1.54) is 11.8 Å². The fourth-order valence-electron chi connectivity index (χ4n) is 3.15. The molecule has 152 valence electrons. The standard InChI is InChI=1S/C21H23N3O4S/c1-3-24(11-14-5-8-18-19(9-14)28-13-27-18)20(25)12-29-21-22-16-7-6-15(26-4-2)10-17(16)23-21/h5-10H,3-4,11-13H2,1-2H3,(H,22,23). The molecule has 2 aromatic carbocycles. The average Bonchev–Trinajstić information content (AvgIpc) is 3.36. The van der Waals surface area contributed by atoms with Crippen LogP contribution >= 0.6 is 11.8 Å². The molecule has 0 bridgehead atoms. The molecule has 0 saturated carbocycles. The van der Waals surface area contributed by atoms with Gasteiger partial charge in [0.15, 0.2) is 16.7 Å². The van der Waals surface area contributed by atoms with Crippen LogP contribution in [0.3, 0.4) is 0 Å². The molecule has 8 heteroatoms. The van der Waals surface area contributed by atoms with Crippen LogP contribution in [0.1, 0.15) is 19.4 Å². The number of H-pyrrole nitrogens is 1. The van der Waals surface area contributed by atoms with Crippen molar-refractivity contribution in [1.29, 1.82) is 0 Å². The van der Waals surface area contributed by atoms with Gasteiger partial charge < -0.3 is 24.1 Å². The van der Waals surface area contributed by atoms with Crippen molar-refractivity contribution in [2.24, 2.45) is 0 Å². The number of amides is 1. The first-order valence-electron chi connectivity index (χ1n) is 9.58. The van der Waals surface area contributed by atoms with Crippen molar-refractivity contribution in [2.45, 2.75) is 25.5 Å². The van der Waals surface area contributed by atoms with E-state index in [2.05, 4.69) is 9.97 Å². The van der Waals surface area contributed by atoms with E-state index >= 15 is 0 Å². The third-order valence-corrected chi connectivity index (χ3v) is 5.48. The second kappa shape index (κ2) is 8.65. The van der Waals surface area contributed by atoms with Gasteiger partial charge in [-0.3, -0.25) is 4.79 Å². The summed E-state index contributed by atoms with van der Waals surface area (Å²) in [5.41, 5.74) is 2.77. The minimum Gasteiger partial charge on any atom is -0.494 e. The highest BCUT2D eigenvalue weighted by Gasteiger charge is 2.17. The van der Waals surface area contributed by atoms with Gasteiger partial charge in [0.2, 0.25) is 12.7 Å². The van der Waals surface area contributed by atoms with E-state index in [0.29, 0.717) is 25.4 Å². The number of aromatic nitrogens is 2. The third-order valence-electron chi connectivity index (χ3n) is 4.62. The molecule has 1 aromatic heterocycles. The Labute approximate surface area is 173 Å². The van der Waals surface area contributed by atoms with E-state index in [1.807, 2.05) is 55.1 Å². The number of hydrogen-bond acceptors (Lipinski definition) is 6. The Bertz CT molecular complexity index is 1020. The van der Waals surface area contributed by atoms with Gasteiger partial charge in [-0.05, 0) is 43.7 Å². The monoisotopic (exact) mass is 413 g/mol. The topological polar surface area (TPSA) is 76.7 Å². The van der Waals surface area contributed by atoms with Crippen LogP contribution in [0, 0.1) is 0 Å². The van der Waals surface area contributed by atoms with Crippen LogP contribution in [0.5, 0.6) is 17.2 Å². The number of hydrogen-bond donors (Lipinski definition) is 1. The van der Waals surface area contributed by atoms with Crippen molar-refractivity contribution in [3.63, 3.8) is 0 Å². The summed E-state index contributed by atoms with van der Waals surface area (Å²) in [6, 6.07) is 11.5. The number of nitrogens with zero attached hydrogens (tertiary/aromatic N) is 2. The molecule has 0 radical (unpaired) electrons. The molecular formula is C21H23N3O4S. The van der Waals surface area contributed by atoms with Gasteiger partial charge in [-0.2, -0.15) is 0 Å². The molecule has 1 N–H and O–H groups in total. The predicted molar refractivity (Wildman–Crippen MR) is 112 cm³/mol. The largest absolute Gasteiger partial charge is 0.494 e. The van der Waals surface area contributed by atoms with Gasteiger partial charge in [0, 0.05) is 19.2 Å². The van der Waals surface area contributed by atoms with Gasteiger partial charge >= 0.3 is 0 Å². The van der Waals surface area contributed by atoms with E-state index in [1.54, 1.807) is 0 Å². The molecule has 3 aromatic rings. The average molecular weight is 413 g/mol. The number of ether oxygens (including phenoxy) is 3. The van der Waals surface area contributed by atoms with Crippen molar-refractivity contribution in [1.82, 2.24) is 14.9 Å². The minimum atomic E-state index is 0.0608. The molecule has 2 heterocycles. The Morgan fingerprint density at radius 3 is 2.90 bits per heavy atom. The van der Waals surface area contributed by atoms with Crippen LogP contribution in [0.4, 0.5) is 0 Å². The van der Waals surface area contributed by atoms with Gasteiger partial charge in [-0.15, -0.1) is 0 Å². The van der Waals surface area contributed by atoms with Crippen molar-refractivity contribution in [3.05, 3.63) is 42.0 Å². The van der Waals surface area contributed by atoms with Gasteiger partial charge in [0.25, 0.3) is 0 Å². The number of fused-ring (bicyclic) bond motifs is 2. The van der Waals surface area contributed by atoms with E-state index in [4.69, 9.17) is 14.2 Å². The predicted octanol–water partition coefficient (Wildman–Crippen LogP) is 3.83. The van der Waals surface area contributed by atoms with E-state index in [9.17, 15) is 4.79 Å². The second-order valence-electron chi connectivity index (χ2n) is 6.54. The summed E-state index contributed by atoms with van der Waals surface area (Å²) in [5.74, 6) is 2.66. The molecule has 0 aliphatic carbocycles. The summed E-state index contributed by atoms with van der Waals surface area (Å²) in [6.45, 7) is 5.95. The zero-order chi connectivity index (χ0) is 20.2.